The number of thioether (sulfide) groups is 1. The first-order chi connectivity index (χ1) is 9.47. The van der Waals surface area contributed by atoms with Crippen molar-refractivity contribution in [2.45, 2.75) is 25.7 Å². The highest BCUT2D eigenvalue weighted by Crippen LogP contribution is 2.21. The van der Waals surface area contributed by atoms with Gasteiger partial charge in [0.2, 0.25) is 5.91 Å². The van der Waals surface area contributed by atoms with E-state index in [1.807, 2.05) is 33.0 Å². The zero-order valence-electron chi connectivity index (χ0n) is 12.2. The molecule has 0 aliphatic carbocycles. The highest BCUT2D eigenvalue weighted by atomic mass is 32.2. The van der Waals surface area contributed by atoms with Gasteiger partial charge >= 0.3 is 0 Å². The van der Waals surface area contributed by atoms with Gasteiger partial charge in [-0.2, -0.15) is 5.10 Å². The van der Waals surface area contributed by atoms with Gasteiger partial charge in [0.05, 0.1) is 22.8 Å². The molecular weight excluding hydrogens is 270 g/mol. The van der Waals surface area contributed by atoms with Crippen LogP contribution in [-0.2, 0) is 11.8 Å². The number of carbonyl (C=O) groups is 1. The van der Waals surface area contributed by atoms with Crippen molar-refractivity contribution in [3.63, 3.8) is 0 Å². The molecule has 2 rings (SSSR count). The Morgan fingerprint density at radius 3 is 2.45 bits per heavy atom. The monoisotopic (exact) mass is 289 g/mol. The molecule has 1 amide bonds. The zero-order chi connectivity index (χ0) is 14.7. The smallest absolute Gasteiger partial charge is 0.234 e. The predicted octanol–water partition coefficient (Wildman–Crippen LogP) is 3.08. The van der Waals surface area contributed by atoms with Gasteiger partial charge in [-0.15, -0.1) is 11.8 Å². The summed E-state index contributed by atoms with van der Waals surface area (Å²) < 4.78 is 1.78. The van der Waals surface area contributed by atoms with Crippen LogP contribution in [0.4, 0.5) is 5.69 Å². The Bertz CT molecular complexity index is 617. The molecule has 2 aromatic rings. The van der Waals surface area contributed by atoms with Crippen molar-refractivity contribution < 1.29 is 4.79 Å². The number of benzene rings is 1. The number of nitrogens with one attached hydrogen (secondary N) is 1. The average molecular weight is 289 g/mol. The number of nitrogens with zero attached hydrogens (tertiary/aromatic N) is 2. The summed E-state index contributed by atoms with van der Waals surface area (Å²) in [4.78, 5) is 13.1. The van der Waals surface area contributed by atoms with Crippen LogP contribution in [-0.4, -0.2) is 21.4 Å². The first-order valence-corrected chi connectivity index (χ1v) is 7.45. The van der Waals surface area contributed by atoms with Gasteiger partial charge in [-0.05, 0) is 32.9 Å². The molecule has 0 unspecified atom stereocenters. The van der Waals surface area contributed by atoms with Crippen molar-refractivity contribution in [3.05, 3.63) is 41.2 Å². The molecule has 4 nitrogen and oxygen atoms in total. The maximum atomic E-state index is 12.0. The lowest BCUT2D eigenvalue weighted by atomic mass is 10.2. The van der Waals surface area contributed by atoms with Crippen LogP contribution >= 0.6 is 11.8 Å². The summed E-state index contributed by atoms with van der Waals surface area (Å²) in [5.41, 5.74) is 3.86. The number of aryl methyl sites for hydroxylation is 3. The van der Waals surface area contributed by atoms with Crippen molar-refractivity contribution in [1.82, 2.24) is 9.78 Å². The number of amides is 1. The van der Waals surface area contributed by atoms with Crippen LogP contribution in [0.25, 0.3) is 0 Å². The van der Waals surface area contributed by atoms with Gasteiger partial charge in [0.25, 0.3) is 0 Å². The molecule has 0 saturated carbocycles. The van der Waals surface area contributed by atoms with E-state index in [2.05, 4.69) is 29.5 Å². The van der Waals surface area contributed by atoms with Crippen LogP contribution in [0, 0.1) is 20.8 Å². The van der Waals surface area contributed by atoms with Crippen molar-refractivity contribution in [2.75, 3.05) is 11.1 Å². The summed E-state index contributed by atoms with van der Waals surface area (Å²) in [6.07, 6.45) is 0. The Labute approximate surface area is 123 Å². The number of rotatable bonds is 4. The summed E-state index contributed by atoms with van der Waals surface area (Å²) in [6, 6.07) is 8.17. The van der Waals surface area contributed by atoms with Gasteiger partial charge < -0.3 is 5.32 Å². The van der Waals surface area contributed by atoms with Gasteiger partial charge in [-0.25, -0.2) is 0 Å². The van der Waals surface area contributed by atoms with E-state index >= 15 is 0 Å². The second kappa shape index (κ2) is 6.13. The topological polar surface area (TPSA) is 46.9 Å². The second-order valence-electron chi connectivity index (χ2n) is 4.82. The van der Waals surface area contributed by atoms with Crippen LogP contribution in [0.1, 0.15) is 17.0 Å². The quantitative estimate of drug-likeness (QED) is 0.880. The zero-order valence-corrected chi connectivity index (χ0v) is 13.0. The van der Waals surface area contributed by atoms with Crippen molar-refractivity contribution in [1.29, 1.82) is 0 Å². The van der Waals surface area contributed by atoms with Gasteiger partial charge in [-0.3, -0.25) is 9.48 Å². The third-order valence-corrected chi connectivity index (χ3v) is 4.18. The van der Waals surface area contributed by atoms with E-state index in [-0.39, 0.29) is 5.91 Å². The molecule has 5 heteroatoms. The first-order valence-electron chi connectivity index (χ1n) is 6.47. The van der Waals surface area contributed by atoms with E-state index in [1.54, 1.807) is 4.68 Å². The summed E-state index contributed by atoms with van der Waals surface area (Å²) in [6.45, 7) is 5.90. The fourth-order valence-electron chi connectivity index (χ4n) is 1.91. The van der Waals surface area contributed by atoms with Crippen LogP contribution in [0.2, 0.25) is 0 Å². The fourth-order valence-corrected chi connectivity index (χ4v) is 2.61. The van der Waals surface area contributed by atoms with Crippen LogP contribution < -0.4 is 5.32 Å². The molecule has 0 spiro atoms. The fraction of sp³-hybridized carbons (Fsp3) is 0.333. The van der Waals surface area contributed by atoms with Crippen LogP contribution in [0.5, 0.6) is 0 Å². The van der Waals surface area contributed by atoms with Gasteiger partial charge in [0.15, 0.2) is 0 Å². The molecule has 0 saturated heterocycles. The van der Waals surface area contributed by atoms with E-state index in [0.29, 0.717) is 5.75 Å². The normalized spacial score (nSPS) is 10.6. The minimum Gasteiger partial charge on any atom is -0.322 e. The summed E-state index contributed by atoms with van der Waals surface area (Å²) in [7, 11) is 1.87. The van der Waals surface area contributed by atoms with E-state index in [4.69, 9.17) is 0 Å². The molecule has 1 N–H and O–H groups in total. The number of hydrogen-bond acceptors (Lipinski definition) is 3. The number of aromatic nitrogens is 2. The average Bonchev–Trinajstić information content (AvgIpc) is 2.65. The number of carbonyl (C=O) groups excluding carboxylic acids is 1. The standard InChI is InChI=1S/C15H19N3OS/c1-10-5-7-13(8-6-10)20-9-14(19)16-15-11(2)17-18(4)12(15)3/h5-8H,9H2,1-4H3,(H,16,19). The Morgan fingerprint density at radius 2 is 1.90 bits per heavy atom. The van der Waals surface area contributed by atoms with Gasteiger partial charge in [0.1, 0.15) is 0 Å². The SMILES string of the molecule is Cc1ccc(SCC(=O)Nc2c(C)nn(C)c2C)cc1. The van der Waals surface area contributed by atoms with E-state index < -0.39 is 0 Å². The van der Waals surface area contributed by atoms with Gasteiger partial charge in [-0.1, -0.05) is 17.7 Å². The number of hydrogen-bond donors (Lipinski definition) is 1. The lowest BCUT2D eigenvalue weighted by Crippen LogP contribution is -2.15. The highest BCUT2D eigenvalue weighted by Gasteiger charge is 2.12. The molecule has 106 valence electrons. The Hall–Kier alpha value is -1.75. The van der Waals surface area contributed by atoms with E-state index in [9.17, 15) is 4.79 Å². The van der Waals surface area contributed by atoms with Crippen molar-refractivity contribution >= 4 is 23.4 Å². The summed E-state index contributed by atoms with van der Waals surface area (Å²) in [5, 5.41) is 7.22. The summed E-state index contributed by atoms with van der Waals surface area (Å²) >= 11 is 1.54. The van der Waals surface area contributed by atoms with Gasteiger partial charge in [0, 0.05) is 11.9 Å². The third kappa shape index (κ3) is 3.42. The molecule has 0 radical (unpaired) electrons. The molecule has 1 aromatic heterocycles. The maximum Gasteiger partial charge on any atom is 0.234 e. The molecule has 0 aliphatic rings. The second-order valence-corrected chi connectivity index (χ2v) is 5.87. The minimum absolute atomic E-state index is 0.00484. The predicted molar refractivity (Wildman–Crippen MR) is 83.2 cm³/mol. The molecule has 0 bridgehead atoms. The van der Waals surface area contributed by atoms with Crippen molar-refractivity contribution in [2.24, 2.45) is 7.05 Å². The molecule has 20 heavy (non-hydrogen) atoms. The van der Waals surface area contributed by atoms with Crippen LogP contribution in [0.15, 0.2) is 29.2 Å². The van der Waals surface area contributed by atoms with Crippen LogP contribution in [0.3, 0.4) is 0 Å². The molecule has 0 atom stereocenters. The Morgan fingerprint density at radius 1 is 1.25 bits per heavy atom. The molecule has 1 aromatic carbocycles. The maximum absolute atomic E-state index is 12.0. The number of anilines is 1. The molecule has 1 heterocycles. The molecule has 0 fully saturated rings. The lowest BCUT2D eigenvalue weighted by molar-refractivity contribution is -0.113. The highest BCUT2D eigenvalue weighted by molar-refractivity contribution is 8.00. The first kappa shape index (κ1) is 14.7. The molecule has 0 aliphatic heterocycles. The minimum atomic E-state index is -0.00484. The Balaban J connectivity index is 1.94. The lowest BCUT2D eigenvalue weighted by Gasteiger charge is -2.06. The largest absolute Gasteiger partial charge is 0.322 e. The van der Waals surface area contributed by atoms with Crippen molar-refractivity contribution in [3.8, 4) is 0 Å². The third-order valence-electron chi connectivity index (χ3n) is 3.16. The van der Waals surface area contributed by atoms with E-state index in [0.717, 1.165) is 22.0 Å². The molecular formula is C15H19N3OS. The summed E-state index contributed by atoms with van der Waals surface area (Å²) in [5.74, 6) is 0.395. The van der Waals surface area contributed by atoms with E-state index in [1.165, 1.54) is 17.3 Å². The Kier molecular flexibility index (Phi) is 4.49.